The summed E-state index contributed by atoms with van der Waals surface area (Å²) >= 11 is 1.37. The first-order valence-corrected chi connectivity index (χ1v) is 11.6. The second-order valence-electron chi connectivity index (χ2n) is 7.75. The highest BCUT2D eigenvalue weighted by molar-refractivity contribution is 7.98. The Morgan fingerprint density at radius 2 is 2.03 bits per heavy atom. The molecule has 4 rings (SSSR count). The number of amides is 1. The van der Waals surface area contributed by atoms with Crippen LogP contribution < -0.4 is 0 Å². The van der Waals surface area contributed by atoms with E-state index < -0.39 is 18.4 Å². The molecule has 0 aliphatic carbocycles. The molecule has 0 unspecified atom stereocenters. The number of ether oxygens (including phenoxy) is 1. The van der Waals surface area contributed by atoms with Gasteiger partial charge >= 0.3 is 5.97 Å². The molecule has 1 amide bonds. The molecule has 0 radical (unpaired) electrons. The van der Waals surface area contributed by atoms with Crippen molar-refractivity contribution in [3.05, 3.63) is 64.4 Å². The highest BCUT2D eigenvalue weighted by Gasteiger charge is 2.23. The van der Waals surface area contributed by atoms with Gasteiger partial charge in [-0.25, -0.2) is 9.78 Å². The summed E-state index contributed by atoms with van der Waals surface area (Å²) in [5.41, 5.74) is 2.68. The Hall–Kier alpha value is -3.40. The summed E-state index contributed by atoms with van der Waals surface area (Å²) in [7, 11) is 0. The smallest absolute Gasteiger partial charge is 0.341 e. The predicted molar refractivity (Wildman–Crippen MR) is 120 cm³/mol. The van der Waals surface area contributed by atoms with Gasteiger partial charge in [-0.15, -0.1) is 11.8 Å². The Balaban J connectivity index is 1.36. The van der Waals surface area contributed by atoms with Crippen LogP contribution in [0.1, 0.15) is 61.1 Å². The van der Waals surface area contributed by atoms with Crippen LogP contribution in [0, 0.1) is 13.8 Å². The maximum atomic E-state index is 12.7. The number of thioether (sulfide) groups is 1. The molecule has 3 aromatic rings. The van der Waals surface area contributed by atoms with Gasteiger partial charge in [0.05, 0.1) is 11.3 Å². The lowest BCUT2D eigenvalue weighted by molar-refractivity contribution is 0.0470. The van der Waals surface area contributed by atoms with Crippen LogP contribution in [0.25, 0.3) is 0 Å². The van der Waals surface area contributed by atoms with Crippen LogP contribution in [-0.4, -0.2) is 57.4 Å². The maximum Gasteiger partial charge on any atom is 0.341 e. The van der Waals surface area contributed by atoms with E-state index in [1.54, 1.807) is 23.2 Å². The summed E-state index contributed by atoms with van der Waals surface area (Å²) in [4.78, 5) is 46.5. The number of aryl methyl sites for hydroxylation is 2. The second kappa shape index (κ2) is 10.0. The molecule has 0 saturated carbocycles. The Morgan fingerprint density at radius 3 is 2.76 bits per heavy atom. The van der Waals surface area contributed by atoms with E-state index in [1.807, 2.05) is 13.8 Å². The number of likely N-dealkylation sites (tertiary alicyclic amines) is 1. The Kier molecular flexibility index (Phi) is 6.93. The van der Waals surface area contributed by atoms with Gasteiger partial charge in [0.1, 0.15) is 16.5 Å². The zero-order valence-electron chi connectivity index (χ0n) is 18.4. The van der Waals surface area contributed by atoms with Crippen LogP contribution in [0.2, 0.25) is 0 Å². The fourth-order valence-electron chi connectivity index (χ4n) is 3.57. The van der Waals surface area contributed by atoms with E-state index >= 15 is 0 Å². The van der Waals surface area contributed by atoms with Crippen LogP contribution in [-0.2, 0) is 10.5 Å². The first-order chi connectivity index (χ1) is 15.9. The fourth-order valence-corrected chi connectivity index (χ4v) is 4.71. The minimum Gasteiger partial charge on any atom is -0.454 e. The maximum absolute atomic E-state index is 12.7. The molecule has 10 heteroatoms. The molecule has 4 heterocycles. The SMILES string of the molecule is Cc1noc(C)c1CSc1ncccc1C(=O)OCC(=O)c1c[nH]c(C(=O)N2CCCC2)c1. The molecule has 0 aromatic carbocycles. The predicted octanol–water partition coefficient (Wildman–Crippen LogP) is 3.58. The van der Waals surface area contributed by atoms with Crippen LogP contribution in [0.15, 0.2) is 40.1 Å². The summed E-state index contributed by atoms with van der Waals surface area (Å²) < 4.78 is 10.4. The molecule has 1 N–H and O–H groups in total. The second-order valence-corrected chi connectivity index (χ2v) is 8.71. The van der Waals surface area contributed by atoms with Gasteiger partial charge < -0.3 is 19.1 Å². The number of H-pyrrole nitrogens is 1. The zero-order chi connectivity index (χ0) is 23.4. The number of Topliss-reactive ketones (excluding diaryl/α,β-unsaturated/α-hetero) is 1. The number of esters is 1. The number of pyridine rings is 1. The van der Waals surface area contributed by atoms with Crippen molar-refractivity contribution >= 4 is 29.4 Å². The quantitative estimate of drug-likeness (QED) is 0.303. The van der Waals surface area contributed by atoms with Crippen molar-refractivity contribution < 1.29 is 23.6 Å². The molecule has 0 spiro atoms. The van der Waals surface area contributed by atoms with E-state index in [2.05, 4.69) is 15.1 Å². The lowest BCUT2D eigenvalue weighted by atomic mass is 10.2. The average molecular weight is 469 g/mol. The fraction of sp³-hybridized carbons (Fsp3) is 0.348. The topological polar surface area (TPSA) is 118 Å². The molecular formula is C23H24N4O5S. The highest BCUT2D eigenvalue weighted by atomic mass is 32.2. The van der Waals surface area contributed by atoms with Gasteiger partial charge in [0.15, 0.2) is 6.61 Å². The molecule has 1 saturated heterocycles. The number of aromatic nitrogens is 3. The number of ketones is 1. The number of hydrogen-bond donors (Lipinski definition) is 1. The van der Waals surface area contributed by atoms with E-state index in [9.17, 15) is 14.4 Å². The molecule has 1 aliphatic heterocycles. The molecule has 9 nitrogen and oxygen atoms in total. The minimum atomic E-state index is -0.637. The van der Waals surface area contributed by atoms with Crippen molar-refractivity contribution in [1.29, 1.82) is 0 Å². The van der Waals surface area contributed by atoms with E-state index in [0.717, 1.165) is 42.9 Å². The number of nitrogens with zero attached hydrogens (tertiary/aromatic N) is 3. The third kappa shape index (κ3) is 5.16. The third-order valence-electron chi connectivity index (χ3n) is 5.49. The van der Waals surface area contributed by atoms with E-state index in [1.165, 1.54) is 24.0 Å². The van der Waals surface area contributed by atoms with Gasteiger partial charge in [-0.3, -0.25) is 9.59 Å². The normalized spacial score (nSPS) is 13.3. The molecular weight excluding hydrogens is 444 g/mol. The third-order valence-corrected chi connectivity index (χ3v) is 6.52. The van der Waals surface area contributed by atoms with E-state index in [-0.39, 0.29) is 11.5 Å². The van der Waals surface area contributed by atoms with Crippen LogP contribution >= 0.6 is 11.8 Å². The van der Waals surface area contributed by atoms with Gasteiger partial charge in [-0.05, 0) is 44.9 Å². The van der Waals surface area contributed by atoms with Crippen molar-refractivity contribution in [2.24, 2.45) is 0 Å². The van der Waals surface area contributed by atoms with Crippen LogP contribution in [0.5, 0.6) is 0 Å². The van der Waals surface area contributed by atoms with Crippen molar-refractivity contribution in [3.8, 4) is 0 Å². The highest BCUT2D eigenvalue weighted by Crippen LogP contribution is 2.27. The Bertz CT molecular complexity index is 1160. The van der Waals surface area contributed by atoms with E-state index in [4.69, 9.17) is 9.26 Å². The zero-order valence-corrected chi connectivity index (χ0v) is 19.2. The molecule has 172 valence electrons. The van der Waals surface area contributed by atoms with Crippen molar-refractivity contribution in [1.82, 2.24) is 20.0 Å². The van der Waals surface area contributed by atoms with Gasteiger partial charge in [0.25, 0.3) is 5.91 Å². The molecule has 1 fully saturated rings. The first-order valence-electron chi connectivity index (χ1n) is 10.6. The Labute approximate surface area is 194 Å². The van der Waals surface area contributed by atoms with E-state index in [0.29, 0.717) is 22.0 Å². The number of carbonyl (C=O) groups is 3. The van der Waals surface area contributed by atoms with Crippen molar-refractivity contribution in [2.45, 2.75) is 37.5 Å². The van der Waals surface area contributed by atoms with Crippen LogP contribution in [0.3, 0.4) is 0 Å². The summed E-state index contributed by atoms with van der Waals surface area (Å²) in [6.07, 6.45) is 5.03. The van der Waals surface area contributed by atoms with Gasteiger partial charge in [0, 0.05) is 42.4 Å². The van der Waals surface area contributed by atoms with Crippen LogP contribution in [0.4, 0.5) is 0 Å². The molecule has 1 aliphatic rings. The lowest BCUT2D eigenvalue weighted by Crippen LogP contribution is -2.27. The first kappa shape index (κ1) is 22.8. The molecule has 3 aromatic heterocycles. The molecule has 0 bridgehead atoms. The Morgan fingerprint density at radius 1 is 1.24 bits per heavy atom. The number of aromatic amines is 1. The van der Waals surface area contributed by atoms with Crippen molar-refractivity contribution in [3.63, 3.8) is 0 Å². The number of rotatable bonds is 8. The van der Waals surface area contributed by atoms with Gasteiger partial charge in [-0.1, -0.05) is 5.16 Å². The summed E-state index contributed by atoms with van der Waals surface area (Å²) in [6.45, 7) is 4.70. The monoisotopic (exact) mass is 468 g/mol. The van der Waals surface area contributed by atoms with Gasteiger partial charge in [0.2, 0.25) is 5.78 Å². The standard InChI is InChI=1S/C23H24N4O5S/c1-14-18(15(2)32-26-14)13-33-21-17(6-5-7-24-21)23(30)31-12-20(28)16-10-19(25-11-16)22(29)27-8-3-4-9-27/h5-7,10-11,25H,3-4,8-9,12-13H2,1-2H3. The summed E-state index contributed by atoms with van der Waals surface area (Å²) in [6, 6.07) is 4.76. The number of hydrogen-bond acceptors (Lipinski definition) is 8. The number of carbonyl (C=O) groups excluding carboxylic acids is 3. The van der Waals surface area contributed by atoms with Gasteiger partial charge in [-0.2, -0.15) is 0 Å². The number of nitrogens with one attached hydrogen (secondary N) is 1. The molecule has 33 heavy (non-hydrogen) atoms. The summed E-state index contributed by atoms with van der Waals surface area (Å²) in [5.74, 6) is 0.100. The average Bonchev–Trinajstić information content (AvgIpc) is 3.58. The molecule has 0 atom stereocenters. The summed E-state index contributed by atoms with van der Waals surface area (Å²) in [5, 5.41) is 4.43. The largest absolute Gasteiger partial charge is 0.454 e. The van der Waals surface area contributed by atoms with Crippen molar-refractivity contribution in [2.75, 3.05) is 19.7 Å². The lowest BCUT2D eigenvalue weighted by Gasteiger charge is -2.13. The minimum absolute atomic E-state index is 0.126.